The van der Waals surface area contributed by atoms with Crippen molar-refractivity contribution in [1.29, 1.82) is 0 Å². The minimum Gasteiger partial charge on any atom is -0.495 e. The number of nitrogens with one attached hydrogen (secondary N) is 3. The van der Waals surface area contributed by atoms with E-state index in [0.717, 1.165) is 5.56 Å². The van der Waals surface area contributed by atoms with Crippen molar-refractivity contribution >= 4 is 28.9 Å². The van der Waals surface area contributed by atoms with Crippen LogP contribution in [0.25, 0.3) is 0 Å². The summed E-state index contributed by atoms with van der Waals surface area (Å²) < 4.78 is 45.1. The molecule has 0 saturated carbocycles. The first-order valence-corrected chi connectivity index (χ1v) is 8.26. The monoisotopic (exact) mass is 397 g/mol. The molecule has 0 aliphatic heterocycles. The van der Waals surface area contributed by atoms with Crippen LogP contribution in [0.2, 0.25) is 0 Å². The Hall–Kier alpha value is -2.81. The lowest BCUT2D eigenvalue weighted by atomic mass is 10.1. The number of anilines is 1. The van der Waals surface area contributed by atoms with E-state index in [0.29, 0.717) is 11.4 Å². The predicted molar refractivity (Wildman–Crippen MR) is 101 cm³/mol. The van der Waals surface area contributed by atoms with E-state index in [4.69, 9.17) is 17.0 Å². The zero-order valence-electron chi connectivity index (χ0n) is 14.6. The molecule has 0 aliphatic rings. The number of rotatable bonds is 5. The first kappa shape index (κ1) is 20.5. The molecule has 5 nitrogen and oxygen atoms in total. The van der Waals surface area contributed by atoms with E-state index in [1.54, 1.807) is 36.4 Å². The number of aryl methyl sites for hydroxylation is 1. The molecule has 9 heteroatoms. The molecule has 0 aromatic heterocycles. The number of para-hydroxylation sites is 2. The van der Waals surface area contributed by atoms with Gasteiger partial charge in [0.05, 0.1) is 12.8 Å². The van der Waals surface area contributed by atoms with Gasteiger partial charge in [-0.3, -0.25) is 4.79 Å². The Balaban J connectivity index is 2.09. The van der Waals surface area contributed by atoms with Crippen LogP contribution in [0.15, 0.2) is 48.5 Å². The van der Waals surface area contributed by atoms with E-state index in [2.05, 4.69) is 10.6 Å². The maximum Gasteiger partial charge on any atom is 0.427 e. The number of hydrogen-bond acceptors (Lipinski definition) is 3. The maximum atomic E-state index is 13.3. The lowest BCUT2D eigenvalue weighted by Crippen LogP contribution is -2.57. The first-order valence-electron chi connectivity index (χ1n) is 7.85. The first-order chi connectivity index (χ1) is 12.7. The van der Waals surface area contributed by atoms with Crippen molar-refractivity contribution in [2.75, 3.05) is 12.4 Å². The van der Waals surface area contributed by atoms with Crippen LogP contribution in [0.5, 0.6) is 5.75 Å². The summed E-state index contributed by atoms with van der Waals surface area (Å²) in [7, 11) is 1.43. The summed E-state index contributed by atoms with van der Waals surface area (Å²) in [5.74, 6) is -0.459. The quantitative estimate of drug-likeness (QED) is 0.532. The third-order valence-corrected chi connectivity index (χ3v) is 3.77. The highest BCUT2D eigenvalue weighted by Gasteiger charge is 2.41. The topological polar surface area (TPSA) is 62.4 Å². The van der Waals surface area contributed by atoms with Gasteiger partial charge in [-0.2, -0.15) is 13.2 Å². The Labute approximate surface area is 159 Å². The number of halogens is 3. The molecule has 0 radical (unpaired) electrons. The standard InChI is InChI=1S/C18H18F3N3O2S/c1-11-7-9-12(10-8-11)15(25)23-16(18(19,20)21)24-17(27)22-13-5-3-4-6-14(13)26-2/h3-10,16H,1-2H3,(H,23,25)(H2,22,24,27). The number of carbonyl (C=O) groups is 1. The van der Waals surface area contributed by atoms with Crippen molar-refractivity contribution in [3.63, 3.8) is 0 Å². The molecule has 2 aromatic rings. The zero-order chi connectivity index (χ0) is 20.0. The van der Waals surface area contributed by atoms with Gasteiger partial charge in [0.25, 0.3) is 5.91 Å². The van der Waals surface area contributed by atoms with Gasteiger partial charge in [-0.15, -0.1) is 0 Å². The lowest BCUT2D eigenvalue weighted by molar-refractivity contribution is -0.156. The fraction of sp³-hybridized carbons (Fsp3) is 0.222. The van der Waals surface area contributed by atoms with Gasteiger partial charge in [-0.1, -0.05) is 29.8 Å². The van der Waals surface area contributed by atoms with Crippen molar-refractivity contribution in [3.8, 4) is 5.75 Å². The third-order valence-electron chi connectivity index (χ3n) is 3.55. The van der Waals surface area contributed by atoms with E-state index >= 15 is 0 Å². The molecule has 0 saturated heterocycles. The number of amides is 1. The van der Waals surface area contributed by atoms with Crippen molar-refractivity contribution in [1.82, 2.24) is 10.6 Å². The summed E-state index contributed by atoms with van der Waals surface area (Å²) in [6, 6.07) is 12.8. The Morgan fingerprint density at radius 2 is 1.70 bits per heavy atom. The highest BCUT2D eigenvalue weighted by Crippen LogP contribution is 2.23. The molecule has 0 aliphatic carbocycles. The normalized spacial score (nSPS) is 12.0. The Kier molecular flexibility index (Phi) is 6.62. The summed E-state index contributed by atoms with van der Waals surface area (Å²) in [6.45, 7) is 1.81. The van der Waals surface area contributed by atoms with Crippen LogP contribution in [0.1, 0.15) is 15.9 Å². The Morgan fingerprint density at radius 1 is 1.07 bits per heavy atom. The summed E-state index contributed by atoms with van der Waals surface area (Å²) in [5, 5.41) is 6.30. The summed E-state index contributed by atoms with van der Waals surface area (Å²) >= 11 is 4.95. The van der Waals surface area contributed by atoms with E-state index in [1.165, 1.54) is 19.2 Å². The van der Waals surface area contributed by atoms with Gasteiger partial charge in [0.2, 0.25) is 0 Å². The second kappa shape index (κ2) is 8.72. The largest absolute Gasteiger partial charge is 0.495 e. The van der Waals surface area contributed by atoms with Crippen LogP contribution < -0.4 is 20.7 Å². The zero-order valence-corrected chi connectivity index (χ0v) is 15.4. The average Bonchev–Trinajstić information content (AvgIpc) is 2.61. The van der Waals surface area contributed by atoms with E-state index in [1.807, 2.05) is 12.2 Å². The van der Waals surface area contributed by atoms with Gasteiger partial charge in [0.1, 0.15) is 5.75 Å². The van der Waals surface area contributed by atoms with Crippen molar-refractivity contribution < 1.29 is 22.7 Å². The van der Waals surface area contributed by atoms with Crippen LogP contribution in [0, 0.1) is 6.92 Å². The van der Waals surface area contributed by atoms with Gasteiger partial charge < -0.3 is 20.7 Å². The summed E-state index contributed by atoms with van der Waals surface area (Å²) in [4.78, 5) is 12.1. The van der Waals surface area contributed by atoms with Gasteiger partial charge >= 0.3 is 6.18 Å². The molecule has 1 atom stereocenters. The van der Waals surface area contributed by atoms with E-state index in [9.17, 15) is 18.0 Å². The van der Waals surface area contributed by atoms with Gasteiger partial charge in [-0.05, 0) is 43.4 Å². The molecule has 0 heterocycles. The van der Waals surface area contributed by atoms with E-state index in [-0.39, 0.29) is 10.7 Å². The van der Waals surface area contributed by atoms with Crippen LogP contribution >= 0.6 is 12.2 Å². The fourth-order valence-electron chi connectivity index (χ4n) is 2.16. The van der Waals surface area contributed by atoms with Crippen LogP contribution in [0.3, 0.4) is 0 Å². The summed E-state index contributed by atoms with van der Waals surface area (Å²) in [5.41, 5.74) is 1.39. The van der Waals surface area contributed by atoms with Crippen LogP contribution in [-0.4, -0.2) is 30.5 Å². The number of ether oxygens (including phenoxy) is 1. The van der Waals surface area contributed by atoms with Crippen molar-refractivity contribution in [2.24, 2.45) is 0 Å². The third kappa shape index (κ3) is 5.85. The minimum absolute atomic E-state index is 0.111. The van der Waals surface area contributed by atoms with Crippen molar-refractivity contribution in [3.05, 3.63) is 59.7 Å². The second-order valence-electron chi connectivity index (χ2n) is 5.61. The molecule has 1 unspecified atom stereocenters. The fourth-order valence-corrected chi connectivity index (χ4v) is 2.38. The maximum absolute atomic E-state index is 13.3. The highest BCUT2D eigenvalue weighted by atomic mass is 32.1. The molecular weight excluding hydrogens is 379 g/mol. The van der Waals surface area contributed by atoms with Crippen LogP contribution in [-0.2, 0) is 0 Å². The van der Waals surface area contributed by atoms with Crippen molar-refractivity contribution in [2.45, 2.75) is 19.3 Å². The predicted octanol–water partition coefficient (Wildman–Crippen LogP) is 3.61. The molecule has 0 fully saturated rings. The molecule has 2 aromatic carbocycles. The van der Waals surface area contributed by atoms with Crippen LogP contribution in [0.4, 0.5) is 18.9 Å². The molecule has 27 heavy (non-hydrogen) atoms. The van der Waals surface area contributed by atoms with Gasteiger partial charge in [0, 0.05) is 5.56 Å². The number of benzene rings is 2. The average molecular weight is 397 g/mol. The van der Waals surface area contributed by atoms with E-state index < -0.39 is 18.2 Å². The Morgan fingerprint density at radius 3 is 2.30 bits per heavy atom. The SMILES string of the molecule is COc1ccccc1NC(=S)NC(NC(=O)c1ccc(C)cc1)C(F)(F)F. The molecule has 0 spiro atoms. The molecule has 0 bridgehead atoms. The number of hydrogen-bond donors (Lipinski definition) is 3. The molecule has 144 valence electrons. The van der Waals surface area contributed by atoms with Gasteiger partial charge in [0.15, 0.2) is 11.3 Å². The number of methoxy groups -OCH3 is 1. The summed E-state index contributed by atoms with van der Waals surface area (Å²) in [6.07, 6.45) is -7.12. The van der Waals surface area contributed by atoms with Gasteiger partial charge in [-0.25, -0.2) is 0 Å². The number of thiocarbonyl (C=S) groups is 1. The second-order valence-corrected chi connectivity index (χ2v) is 6.02. The smallest absolute Gasteiger partial charge is 0.427 e. The molecule has 3 N–H and O–H groups in total. The lowest BCUT2D eigenvalue weighted by Gasteiger charge is -2.24. The molecular formula is C18H18F3N3O2S. The Bertz CT molecular complexity index is 810. The minimum atomic E-state index is -4.76. The molecule has 2 rings (SSSR count). The highest BCUT2D eigenvalue weighted by molar-refractivity contribution is 7.80. The number of alkyl halides is 3. The number of carbonyl (C=O) groups excluding carboxylic acids is 1. The molecule has 1 amide bonds.